The third-order valence-corrected chi connectivity index (χ3v) is 4.75. The van der Waals surface area contributed by atoms with Crippen LogP contribution in [0.2, 0.25) is 0 Å². The number of halogens is 3. The summed E-state index contributed by atoms with van der Waals surface area (Å²) >= 11 is 0. The lowest BCUT2D eigenvalue weighted by Gasteiger charge is -2.09. The molecule has 0 aliphatic rings. The maximum atomic E-state index is 12.9. The van der Waals surface area contributed by atoms with Gasteiger partial charge in [0, 0.05) is 30.7 Å². The lowest BCUT2D eigenvalue weighted by molar-refractivity contribution is -0.671. The maximum absolute atomic E-state index is 12.9. The second-order valence-electron chi connectivity index (χ2n) is 7.20. The molecule has 0 aromatic carbocycles. The predicted molar refractivity (Wildman–Crippen MR) is 112 cm³/mol. The van der Waals surface area contributed by atoms with Gasteiger partial charge in [0.1, 0.15) is 12.7 Å². The van der Waals surface area contributed by atoms with Crippen molar-refractivity contribution in [3.05, 3.63) is 90.4 Å². The minimum absolute atomic E-state index is 0.202. The van der Waals surface area contributed by atoms with Crippen molar-refractivity contribution in [1.82, 2.24) is 25.3 Å². The Labute approximate surface area is 187 Å². The average molecular weight is 451 g/mol. The average Bonchev–Trinajstić information content (AvgIpc) is 2.82. The van der Waals surface area contributed by atoms with Crippen LogP contribution in [0.1, 0.15) is 21.6 Å². The van der Waals surface area contributed by atoms with E-state index in [0.717, 1.165) is 12.3 Å². The summed E-state index contributed by atoms with van der Waals surface area (Å²) in [6, 6.07) is 9.08. The van der Waals surface area contributed by atoms with Gasteiger partial charge in [-0.2, -0.15) is 13.2 Å². The fourth-order valence-corrected chi connectivity index (χ4v) is 3.03. The van der Waals surface area contributed by atoms with E-state index in [1.807, 2.05) is 24.0 Å². The molecule has 0 saturated heterocycles. The summed E-state index contributed by atoms with van der Waals surface area (Å²) in [5.74, 6) is -0.311. The second kappa shape index (κ2) is 9.11. The van der Waals surface area contributed by atoms with E-state index in [1.165, 1.54) is 18.5 Å². The number of carbonyl (C=O) groups is 1. The molecule has 0 atom stereocenters. The van der Waals surface area contributed by atoms with Crippen LogP contribution in [-0.2, 0) is 19.8 Å². The molecule has 0 unspecified atom stereocenters. The molecule has 10 heteroatoms. The Hall–Kier alpha value is -4.21. The molecule has 0 aliphatic heterocycles. The van der Waals surface area contributed by atoms with Gasteiger partial charge in [0.05, 0.1) is 23.1 Å². The van der Waals surface area contributed by atoms with Crippen molar-refractivity contribution in [3.8, 4) is 22.6 Å². The van der Waals surface area contributed by atoms with E-state index in [9.17, 15) is 18.0 Å². The van der Waals surface area contributed by atoms with Crippen molar-refractivity contribution >= 4 is 5.91 Å². The minimum atomic E-state index is -4.52. The van der Waals surface area contributed by atoms with E-state index in [2.05, 4.69) is 25.3 Å². The molecular weight excluding hydrogens is 433 g/mol. The minimum Gasteiger partial charge on any atom is -0.348 e. The number of hydrogen-bond donors (Lipinski definition) is 1. The molecule has 0 saturated carbocycles. The third-order valence-electron chi connectivity index (χ3n) is 4.75. The van der Waals surface area contributed by atoms with E-state index < -0.39 is 11.9 Å². The van der Waals surface area contributed by atoms with Crippen molar-refractivity contribution in [2.75, 3.05) is 0 Å². The number of alkyl halides is 3. The molecule has 166 valence electrons. The number of amides is 1. The Morgan fingerprint density at radius 1 is 0.939 bits per heavy atom. The number of nitrogens with one attached hydrogen (secondary N) is 1. The van der Waals surface area contributed by atoms with Crippen molar-refractivity contribution in [1.29, 1.82) is 0 Å². The zero-order chi connectivity index (χ0) is 23.4. The standard InChI is InChI=1S/C23H17F3N6O/c1-32-9-8-27-20(14-32)19-5-3-17(13-30-19)22(33)31-12-15-2-4-18(29-11-15)16-6-7-28-21(10-16)23(24,25)26/h2-11,13-14H,12H2,1H3/p+1. The predicted octanol–water partition coefficient (Wildman–Crippen LogP) is 3.37. The van der Waals surface area contributed by atoms with Crippen LogP contribution in [0.5, 0.6) is 0 Å². The van der Waals surface area contributed by atoms with E-state index in [-0.39, 0.29) is 12.5 Å². The monoisotopic (exact) mass is 451 g/mol. The molecule has 4 aromatic rings. The van der Waals surface area contributed by atoms with Crippen LogP contribution >= 0.6 is 0 Å². The molecule has 4 aromatic heterocycles. The molecule has 33 heavy (non-hydrogen) atoms. The summed E-state index contributed by atoms with van der Waals surface area (Å²) in [5, 5.41) is 2.77. The van der Waals surface area contributed by atoms with E-state index in [1.54, 1.807) is 30.5 Å². The first-order chi connectivity index (χ1) is 15.8. The van der Waals surface area contributed by atoms with Crippen molar-refractivity contribution < 1.29 is 22.5 Å². The molecule has 0 aliphatic carbocycles. The zero-order valence-electron chi connectivity index (χ0n) is 17.4. The van der Waals surface area contributed by atoms with Gasteiger partial charge in [-0.05, 0) is 35.9 Å². The largest absolute Gasteiger partial charge is 0.433 e. The molecule has 4 rings (SSSR count). The van der Waals surface area contributed by atoms with E-state index in [4.69, 9.17) is 0 Å². The number of nitrogens with zero attached hydrogens (tertiary/aromatic N) is 5. The topological polar surface area (TPSA) is 84.5 Å². The van der Waals surface area contributed by atoms with Crippen LogP contribution in [0.15, 0.2) is 73.6 Å². The molecule has 0 fully saturated rings. The lowest BCUT2D eigenvalue weighted by atomic mass is 10.1. The first-order valence-corrected chi connectivity index (χ1v) is 9.84. The summed E-state index contributed by atoms with van der Waals surface area (Å²) in [6.07, 6.45) is 4.86. The number of carbonyl (C=O) groups excluding carboxylic acids is 1. The Morgan fingerprint density at radius 2 is 1.73 bits per heavy atom. The number of aryl methyl sites for hydroxylation is 1. The van der Waals surface area contributed by atoms with Crippen molar-refractivity contribution in [3.63, 3.8) is 0 Å². The second-order valence-corrected chi connectivity index (χ2v) is 7.20. The highest BCUT2D eigenvalue weighted by atomic mass is 19.4. The van der Waals surface area contributed by atoms with Crippen LogP contribution in [-0.4, -0.2) is 25.8 Å². The molecule has 1 N–H and O–H groups in total. The van der Waals surface area contributed by atoms with Gasteiger partial charge in [-0.3, -0.25) is 19.7 Å². The Morgan fingerprint density at radius 3 is 2.39 bits per heavy atom. The molecule has 0 bridgehead atoms. The van der Waals surface area contributed by atoms with Gasteiger partial charge in [0.2, 0.25) is 0 Å². The maximum Gasteiger partial charge on any atom is 0.433 e. The molecule has 1 amide bonds. The first kappa shape index (κ1) is 22.0. The van der Waals surface area contributed by atoms with Gasteiger partial charge in [-0.25, -0.2) is 9.55 Å². The number of hydrogen-bond acceptors (Lipinski definition) is 5. The van der Waals surface area contributed by atoms with E-state index >= 15 is 0 Å². The highest BCUT2D eigenvalue weighted by molar-refractivity contribution is 5.94. The molecule has 0 spiro atoms. The quantitative estimate of drug-likeness (QED) is 0.471. The van der Waals surface area contributed by atoms with Gasteiger partial charge < -0.3 is 5.32 Å². The van der Waals surface area contributed by atoms with Gasteiger partial charge in [0.25, 0.3) is 5.91 Å². The zero-order valence-corrected chi connectivity index (χ0v) is 17.4. The SMILES string of the molecule is C[n+]1ccnc(-c2ccc(C(=O)NCc3ccc(-c4ccnc(C(F)(F)F)c4)nc3)cn2)c1. The summed E-state index contributed by atoms with van der Waals surface area (Å²) in [5.41, 5.74) is 2.13. The van der Waals surface area contributed by atoms with E-state index in [0.29, 0.717) is 33.8 Å². The van der Waals surface area contributed by atoms with Gasteiger partial charge in [-0.15, -0.1) is 0 Å². The van der Waals surface area contributed by atoms with Crippen molar-refractivity contribution in [2.24, 2.45) is 7.05 Å². The Kier molecular flexibility index (Phi) is 6.07. The van der Waals surface area contributed by atoms with Gasteiger partial charge >= 0.3 is 6.18 Å². The van der Waals surface area contributed by atoms with Gasteiger partial charge in [-0.1, -0.05) is 6.07 Å². The third kappa shape index (κ3) is 5.35. The smallest absolute Gasteiger partial charge is 0.348 e. The Balaban J connectivity index is 1.39. The normalized spacial score (nSPS) is 11.3. The highest BCUT2D eigenvalue weighted by Gasteiger charge is 2.32. The number of rotatable bonds is 5. The highest BCUT2D eigenvalue weighted by Crippen LogP contribution is 2.29. The first-order valence-electron chi connectivity index (χ1n) is 9.84. The van der Waals surface area contributed by atoms with Crippen LogP contribution in [0.4, 0.5) is 13.2 Å². The Bertz CT molecular complexity index is 1270. The fourth-order valence-electron chi connectivity index (χ4n) is 3.03. The molecular formula is C23H18F3N6O+. The fraction of sp³-hybridized carbons (Fsp3) is 0.130. The number of pyridine rings is 3. The summed E-state index contributed by atoms with van der Waals surface area (Å²) in [7, 11) is 1.88. The lowest BCUT2D eigenvalue weighted by Crippen LogP contribution is -2.27. The summed E-state index contributed by atoms with van der Waals surface area (Å²) in [4.78, 5) is 28.5. The summed E-state index contributed by atoms with van der Waals surface area (Å²) in [6.45, 7) is 0.202. The molecule has 4 heterocycles. The number of aromatic nitrogens is 5. The molecule has 0 radical (unpaired) electrons. The summed E-state index contributed by atoms with van der Waals surface area (Å²) < 4.78 is 40.4. The van der Waals surface area contributed by atoms with Crippen LogP contribution < -0.4 is 9.88 Å². The molecule has 7 nitrogen and oxygen atoms in total. The van der Waals surface area contributed by atoms with Crippen LogP contribution in [0.25, 0.3) is 22.6 Å². The van der Waals surface area contributed by atoms with Crippen molar-refractivity contribution in [2.45, 2.75) is 12.7 Å². The van der Waals surface area contributed by atoms with Crippen LogP contribution in [0.3, 0.4) is 0 Å². The van der Waals surface area contributed by atoms with Crippen LogP contribution in [0, 0.1) is 0 Å². The van der Waals surface area contributed by atoms with Gasteiger partial charge in [0.15, 0.2) is 18.1 Å².